The van der Waals surface area contributed by atoms with Crippen LogP contribution in [0.1, 0.15) is 50.5 Å². The van der Waals surface area contributed by atoms with E-state index < -0.39 is 9.84 Å². The molecule has 0 atom stereocenters. The molecular weight excluding hydrogens is 348 g/mol. The Kier molecular flexibility index (Phi) is 8.13. The van der Waals surface area contributed by atoms with Crippen molar-refractivity contribution in [2.75, 3.05) is 6.61 Å². The van der Waals surface area contributed by atoms with Crippen LogP contribution in [-0.2, 0) is 16.3 Å². The third-order valence-electron chi connectivity index (χ3n) is 4.53. The molecule has 0 saturated carbocycles. The molecule has 4 nitrogen and oxygen atoms in total. The minimum absolute atomic E-state index is 0.0230. The Hall–Kier alpha value is -1.85. The highest BCUT2D eigenvalue weighted by Crippen LogP contribution is 2.32. The zero-order valence-electron chi connectivity index (χ0n) is 15.1. The Labute approximate surface area is 156 Å². The summed E-state index contributed by atoms with van der Waals surface area (Å²) in [5.41, 5.74) is 0.683. The van der Waals surface area contributed by atoms with Crippen molar-refractivity contribution in [2.24, 2.45) is 0 Å². The lowest BCUT2D eigenvalue weighted by atomic mass is 10.0. The Balaban J connectivity index is 1.95. The summed E-state index contributed by atoms with van der Waals surface area (Å²) in [5, 5.41) is 19.2. The van der Waals surface area contributed by atoms with Gasteiger partial charge in [0.05, 0.1) is 4.90 Å². The number of para-hydroxylation sites is 1. The topological polar surface area (TPSA) is 74.6 Å². The van der Waals surface area contributed by atoms with Crippen LogP contribution in [0.3, 0.4) is 0 Å². The van der Waals surface area contributed by atoms with Crippen molar-refractivity contribution in [1.82, 2.24) is 0 Å². The third-order valence-corrected chi connectivity index (χ3v) is 6.33. The number of aryl methyl sites for hydroxylation is 1. The number of hydrogen-bond acceptors (Lipinski definition) is 4. The van der Waals surface area contributed by atoms with Crippen molar-refractivity contribution in [1.29, 1.82) is 0 Å². The fraction of sp³-hybridized carbons (Fsp3) is 0.429. The zero-order chi connectivity index (χ0) is 18.8. The first-order valence-corrected chi connectivity index (χ1v) is 10.8. The SMILES string of the molecule is O=S(=O)(c1ccccc1)c1cccc(CCCCCCCCCO)c1O. The van der Waals surface area contributed by atoms with Gasteiger partial charge in [0, 0.05) is 6.61 Å². The first-order chi connectivity index (χ1) is 12.6. The maximum absolute atomic E-state index is 12.7. The highest BCUT2D eigenvalue weighted by Gasteiger charge is 2.22. The molecule has 0 aliphatic carbocycles. The van der Waals surface area contributed by atoms with Crippen molar-refractivity contribution in [3.05, 3.63) is 54.1 Å². The molecule has 0 aromatic heterocycles. The molecule has 0 aliphatic heterocycles. The van der Waals surface area contributed by atoms with Gasteiger partial charge >= 0.3 is 0 Å². The van der Waals surface area contributed by atoms with Gasteiger partial charge < -0.3 is 10.2 Å². The van der Waals surface area contributed by atoms with Crippen LogP contribution in [0, 0.1) is 0 Å². The number of aromatic hydroxyl groups is 1. The van der Waals surface area contributed by atoms with E-state index in [1.807, 2.05) is 0 Å². The molecule has 5 heteroatoms. The van der Waals surface area contributed by atoms with Gasteiger partial charge in [-0.25, -0.2) is 8.42 Å². The largest absolute Gasteiger partial charge is 0.506 e. The van der Waals surface area contributed by atoms with E-state index in [4.69, 9.17) is 5.11 Å². The summed E-state index contributed by atoms with van der Waals surface area (Å²) >= 11 is 0. The molecule has 0 spiro atoms. The molecule has 2 aromatic carbocycles. The molecule has 2 aromatic rings. The van der Waals surface area contributed by atoms with Crippen molar-refractivity contribution >= 4 is 9.84 Å². The van der Waals surface area contributed by atoms with E-state index in [1.54, 1.807) is 30.3 Å². The van der Waals surface area contributed by atoms with Gasteiger partial charge in [-0.1, -0.05) is 62.4 Å². The van der Waals surface area contributed by atoms with Crippen LogP contribution in [0.2, 0.25) is 0 Å². The number of unbranched alkanes of at least 4 members (excludes halogenated alkanes) is 6. The number of aliphatic hydroxyl groups excluding tert-OH is 1. The fourth-order valence-corrected chi connectivity index (χ4v) is 4.44. The van der Waals surface area contributed by atoms with Crippen LogP contribution in [0.5, 0.6) is 5.75 Å². The van der Waals surface area contributed by atoms with Crippen LogP contribution in [-0.4, -0.2) is 25.2 Å². The van der Waals surface area contributed by atoms with E-state index >= 15 is 0 Å². The summed E-state index contributed by atoms with van der Waals surface area (Å²) in [5.74, 6) is -0.126. The van der Waals surface area contributed by atoms with Crippen molar-refractivity contribution in [2.45, 2.75) is 61.2 Å². The maximum Gasteiger partial charge on any atom is 0.210 e. The Morgan fingerprint density at radius 2 is 1.35 bits per heavy atom. The van der Waals surface area contributed by atoms with Crippen LogP contribution in [0.4, 0.5) is 0 Å². The van der Waals surface area contributed by atoms with E-state index in [1.165, 1.54) is 18.2 Å². The van der Waals surface area contributed by atoms with Gasteiger partial charge in [0.1, 0.15) is 10.6 Å². The van der Waals surface area contributed by atoms with Gasteiger partial charge in [-0.3, -0.25) is 0 Å². The predicted molar refractivity (Wildman–Crippen MR) is 103 cm³/mol. The second-order valence-corrected chi connectivity index (χ2v) is 8.45. The molecule has 0 aliphatic rings. The summed E-state index contributed by atoms with van der Waals surface area (Å²) in [6, 6.07) is 13.1. The molecule has 0 saturated heterocycles. The molecule has 2 N–H and O–H groups in total. The summed E-state index contributed by atoms with van der Waals surface area (Å²) < 4.78 is 25.5. The number of benzene rings is 2. The minimum Gasteiger partial charge on any atom is -0.506 e. The number of phenols is 1. The third kappa shape index (κ3) is 5.58. The molecular formula is C21H28O4S. The van der Waals surface area contributed by atoms with Gasteiger partial charge in [-0.05, 0) is 43.0 Å². The second-order valence-electron chi connectivity index (χ2n) is 6.53. The standard InChI is InChI=1S/C21H28O4S/c22-17-10-5-3-1-2-4-7-12-18-13-11-16-20(21(18)23)26(24,25)19-14-8-6-9-15-19/h6,8-9,11,13-16,22-23H,1-5,7,10,12,17H2. The van der Waals surface area contributed by atoms with Crippen molar-refractivity contribution in [3.63, 3.8) is 0 Å². The molecule has 2 rings (SSSR count). The molecule has 142 valence electrons. The van der Waals surface area contributed by atoms with Gasteiger partial charge in [-0.15, -0.1) is 0 Å². The normalized spacial score (nSPS) is 11.6. The van der Waals surface area contributed by atoms with E-state index in [0.717, 1.165) is 44.9 Å². The monoisotopic (exact) mass is 376 g/mol. The van der Waals surface area contributed by atoms with Crippen LogP contribution in [0.15, 0.2) is 58.3 Å². The second kappa shape index (κ2) is 10.3. The summed E-state index contributed by atoms with van der Waals surface area (Å²) in [4.78, 5) is 0.167. The van der Waals surface area contributed by atoms with E-state index in [2.05, 4.69) is 0 Å². The maximum atomic E-state index is 12.7. The molecule has 0 fully saturated rings. The lowest BCUT2D eigenvalue weighted by Gasteiger charge is -2.11. The number of hydrogen-bond donors (Lipinski definition) is 2. The first kappa shape index (κ1) is 20.5. The quantitative estimate of drug-likeness (QED) is 0.567. The predicted octanol–water partition coefficient (Wildman–Crippen LogP) is 4.49. The smallest absolute Gasteiger partial charge is 0.210 e. The van der Waals surface area contributed by atoms with Crippen molar-refractivity contribution in [3.8, 4) is 5.75 Å². The summed E-state index contributed by atoms with van der Waals surface area (Å²) in [6.07, 6.45) is 7.98. The van der Waals surface area contributed by atoms with Crippen molar-refractivity contribution < 1.29 is 18.6 Å². The van der Waals surface area contributed by atoms with Crippen LogP contribution in [0.25, 0.3) is 0 Å². The number of sulfone groups is 1. The van der Waals surface area contributed by atoms with E-state index in [-0.39, 0.29) is 22.1 Å². The van der Waals surface area contributed by atoms with Crippen LogP contribution < -0.4 is 0 Å². The van der Waals surface area contributed by atoms with Crippen LogP contribution >= 0.6 is 0 Å². The minimum atomic E-state index is -3.71. The van der Waals surface area contributed by atoms with Gasteiger partial charge in [-0.2, -0.15) is 0 Å². The molecule has 0 amide bonds. The molecule has 0 heterocycles. The lowest BCUT2D eigenvalue weighted by molar-refractivity contribution is 0.282. The average Bonchev–Trinajstić information content (AvgIpc) is 2.65. The summed E-state index contributed by atoms with van der Waals surface area (Å²) in [6.45, 7) is 0.265. The molecule has 0 radical (unpaired) electrons. The highest BCUT2D eigenvalue weighted by molar-refractivity contribution is 7.91. The Morgan fingerprint density at radius 3 is 2.00 bits per heavy atom. The van der Waals surface area contributed by atoms with Gasteiger partial charge in [0.25, 0.3) is 0 Å². The lowest BCUT2D eigenvalue weighted by Crippen LogP contribution is -2.03. The van der Waals surface area contributed by atoms with Gasteiger partial charge in [0.2, 0.25) is 9.84 Å². The zero-order valence-corrected chi connectivity index (χ0v) is 15.9. The fourth-order valence-electron chi connectivity index (χ4n) is 3.02. The Bertz CT molecular complexity index is 770. The molecule has 0 unspecified atom stereocenters. The van der Waals surface area contributed by atoms with E-state index in [0.29, 0.717) is 12.0 Å². The summed E-state index contributed by atoms with van der Waals surface area (Å²) in [7, 11) is -3.71. The number of aliphatic hydroxyl groups is 1. The molecule has 0 bridgehead atoms. The first-order valence-electron chi connectivity index (χ1n) is 9.29. The van der Waals surface area contributed by atoms with E-state index in [9.17, 15) is 13.5 Å². The highest BCUT2D eigenvalue weighted by atomic mass is 32.2. The average molecular weight is 377 g/mol. The Morgan fingerprint density at radius 1 is 0.731 bits per heavy atom. The number of phenolic OH excluding ortho intramolecular Hbond substituents is 1. The molecule has 26 heavy (non-hydrogen) atoms. The number of rotatable bonds is 11. The van der Waals surface area contributed by atoms with Gasteiger partial charge in [0.15, 0.2) is 0 Å².